The Hall–Kier alpha value is -1.11. The molecule has 0 spiro atoms. The van der Waals surface area contributed by atoms with Crippen LogP contribution in [0.4, 0.5) is 0 Å². The summed E-state index contributed by atoms with van der Waals surface area (Å²) in [6, 6.07) is 10.7. The van der Waals surface area contributed by atoms with Crippen molar-refractivity contribution in [1.82, 2.24) is 0 Å². The number of ether oxygens (including phenoxy) is 1. The Balaban J connectivity index is 0.00000162. The molecule has 1 aromatic carbocycles. The monoisotopic (exact) mass is 272 g/mol. The predicted molar refractivity (Wildman–Crippen MR) is 63.6 cm³/mol. The molecular weight excluding hydrogens is 259 g/mol. The van der Waals surface area contributed by atoms with Crippen LogP contribution in [0.15, 0.2) is 51.9 Å². The van der Waals surface area contributed by atoms with Gasteiger partial charge in [0.25, 0.3) is 0 Å². The summed E-state index contributed by atoms with van der Waals surface area (Å²) in [5.41, 5.74) is 0.675. The third kappa shape index (κ3) is 5.18. The van der Waals surface area contributed by atoms with Gasteiger partial charge in [0.2, 0.25) is 11.2 Å². The zero-order valence-electron chi connectivity index (χ0n) is 10.6. The number of hydrogen-bond acceptors (Lipinski definition) is 5. The van der Waals surface area contributed by atoms with E-state index in [1.54, 1.807) is 0 Å². The fourth-order valence-corrected chi connectivity index (χ4v) is 1.36. The second kappa shape index (κ2) is 8.90. The van der Waals surface area contributed by atoms with E-state index in [2.05, 4.69) is 0 Å². The van der Waals surface area contributed by atoms with Gasteiger partial charge in [0, 0.05) is 6.07 Å². The van der Waals surface area contributed by atoms with Crippen molar-refractivity contribution in [1.29, 1.82) is 0 Å². The molecule has 0 aliphatic rings. The van der Waals surface area contributed by atoms with E-state index in [1.165, 1.54) is 12.3 Å². The Morgan fingerprint density at radius 1 is 1.21 bits per heavy atom. The van der Waals surface area contributed by atoms with Gasteiger partial charge in [-0.15, -0.1) is 0 Å². The molecule has 2 N–H and O–H groups in total. The molecule has 96 valence electrons. The van der Waals surface area contributed by atoms with Crippen LogP contribution in [0.25, 0.3) is 0 Å². The minimum Gasteiger partial charge on any atom is -0.870 e. The third-order valence-electron chi connectivity index (χ3n) is 2.25. The number of aliphatic hydroxyl groups is 1. The van der Waals surface area contributed by atoms with Crippen molar-refractivity contribution >= 4 is 0 Å². The van der Waals surface area contributed by atoms with E-state index in [0.717, 1.165) is 5.56 Å². The van der Waals surface area contributed by atoms with E-state index in [4.69, 9.17) is 14.3 Å². The molecule has 5 nitrogen and oxygen atoms in total. The summed E-state index contributed by atoms with van der Waals surface area (Å²) < 4.78 is 10.3. The van der Waals surface area contributed by atoms with Crippen LogP contribution in [0.3, 0.4) is 0 Å². The van der Waals surface area contributed by atoms with Gasteiger partial charge in [-0.25, -0.2) is 0 Å². The van der Waals surface area contributed by atoms with Gasteiger partial charge in [-0.1, -0.05) is 30.3 Å². The van der Waals surface area contributed by atoms with Crippen LogP contribution in [0.5, 0.6) is 5.75 Å². The van der Waals surface area contributed by atoms with Gasteiger partial charge in [-0.2, -0.15) is 0 Å². The Kier molecular flexibility index (Phi) is 8.38. The first kappa shape index (κ1) is 17.9. The van der Waals surface area contributed by atoms with Crippen molar-refractivity contribution in [3.8, 4) is 5.75 Å². The van der Waals surface area contributed by atoms with Gasteiger partial charge in [0.05, 0.1) is 0 Å². The van der Waals surface area contributed by atoms with Gasteiger partial charge in [0.1, 0.15) is 25.2 Å². The minimum atomic E-state index is -0.297. The standard InChI is InChI=1S/C13H12O4.Na.H2O/c14-7-11-6-12(15)13(9-16-11)17-8-10-4-2-1-3-5-10;;/h1-6,9,14H,7-8H2;;1H2/q;+1;/p-1. The van der Waals surface area contributed by atoms with Crippen molar-refractivity contribution in [2.24, 2.45) is 0 Å². The summed E-state index contributed by atoms with van der Waals surface area (Å²) in [6.07, 6.45) is 1.22. The second-order valence-corrected chi connectivity index (χ2v) is 3.51. The molecule has 0 radical (unpaired) electrons. The van der Waals surface area contributed by atoms with Gasteiger partial charge < -0.3 is 19.7 Å². The fraction of sp³-hybridized carbons (Fsp3) is 0.154. The summed E-state index contributed by atoms with van der Waals surface area (Å²) in [7, 11) is 0. The van der Waals surface area contributed by atoms with Crippen LogP contribution >= 0.6 is 0 Å². The number of hydrogen-bond donors (Lipinski definition) is 1. The second-order valence-electron chi connectivity index (χ2n) is 3.51. The molecular formula is C13H13NaO5. The summed E-state index contributed by atoms with van der Waals surface area (Å²) in [4.78, 5) is 11.5. The molecule has 2 aromatic rings. The Labute approximate surface area is 132 Å². The zero-order chi connectivity index (χ0) is 12.1. The summed E-state index contributed by atoms with van der Waals surface area (Å²) in [5, 5.41) is 8.79. The number of benzene rings is 1. The molecule has 0 bridgehead atoms. The zero-order valence-corrected chi connectivity index (χ0v) is 12.6. The van der Waals surface area contributed by atoms with Crippen LogP contribution in [-0.2, 0) is 13.2 Å². The van der Waals surface area contributed by atoms with Crippen LogP contribution in [-0.4, -0.2) is 10.6 Å². The fourth-order valence-electron chi connectivity index (χ4n) is 1.36. The minimum absolute atomic E-state index is 0. The molecule has 2 rings (SSSR count). The average molecular weight is 272 g/mol. The number of aliphatic hydroxyl groups excluding tert-OH is 1. The molecule has 0 saturated heterocycles. The van der Waals surface area contributed by atoms with Crippen LogP contribution in [0.1, 0.15) is 11.3 Å². The largest absolute Gasteiger partial charge is 1.00 e. The van der Waals surface area contributed by atoms with Crippen molar-refractivity contribution in [3.63, 3.8) is 0 Å². The molecule has 0 atom stereocenters. The molecule has 0 fully saturated rings. The molecule has 0 aliphatic heterocycles. The summed E-state index contributed by atoms with van der Waals surface area (Å²) >= 11 is 0. The summed E-state index contributed by atoms with van der Waals surface area (Å²) in [6.45, 7) is 0.0122. The topological polar surface area (TPSA) is 89.7 Å². The molecule has 0 aliphatic carbocycles. The predicted octanol–water partition coefficient (Wildman–Crippen LogP) is -1.46. The molecule has 1 heterocycles. The van der Waals surface area contributed by atoms with Gasteiger partial charge in [-0.05, 0) is 5.56 Å². The van der Waals surface area contributed by atoms with Crippen LogP contribution in [0, 0.1) is 0 Å². The van der Waals surface area contributed by atoms with Gasteiger partial charge in [-0.3, -0.25) is 4.79 Å². The molecule has 0 saturated carbocycles. The van der Waals surface area contributed by atoms with Crippen molar-refractivity contribution < 1.29 is 49.3 Å². The quantitative estimate of drug-likeness (QED) is 0.687. The van der Waals surface area contributed by atoms with Crippen LogP contribution in [0.2, 0.25) is 0 Å². The van der Waals surface area contributed by atoms with E-state index < -0.39 is 0 Å². The third-order valence-corrected chi connectivity index (χ3v) is 2.25. The summed E-state index contributed by atoms with van der Waals surface area (Å²) in [5.74, 6) is 0.369. The molecule has 0 unspecified atom stereocenters. The Bertz CT molecular complexity index is 538. The van der Waals surface area contributed by atoms with E-state index in [0.29, 0.717) is 6.61 Å². The normalized spacial score (nSPS) is 9.11. The smallest absolute Gasteiger partial charge is 0.870 e. The van der Waals surface area contributed by atoms with E-state index in [9.17, 15) is 4.79 Å². The first-order valence-corrected chi connectivity index (χ1v) is 5.19. The maximum absolute atomic E-state index is 11.5. The first-order valence-electron chi connectivity index (χ1n) is 5.19. The van der Waals surface area contributed by atoms with Gasteiger partial charge >= 0.3 is 29.6 Å². The van der Waals surface area contributed by atoms with E-state index >= 15 is 0 Å². The van der Waals surface area contributed by atoms with Crippen molar-refractivity contribution in [3.05, 3.63) is 64.2 Å². The molecule has 0 amide bonds. The maximum Gasteiger partial charge on any atom is 1.00 e. The molecule has 6 heteroatoms. The Morgan fingerprint density at radius 2 is 1.89 bits per heavy atom. The maximum atomic E-state index is 11.5. The van der Waals surface area contributed by atoms with Crippen molar-refractivity contribution in [2.75, 3.05) is 0 Å². The molecule has 19 heavy (non-hydrogen) atoms. The van der Waals surface area contributed by atoms with Crippen molar-refractivity contribution in [2.45, 2.75) is 13.2 Å². The SMILES string of the molecule is O=c1cc(CO)occ1OCc1ccccc1.[Na+].[OH-]. The average Bonchev–Trinajstić information content (AvgIpc) is 2.38. The first-order chi connectivity index (χ1) is 8.29. The van der Waals surface area contributed by atoms with E-state index in [1.807, 2.05) is 30.3 Å². The van der Waals surface area contributed by atoms with Crippen LogP contribution < -0.4 is 39.7 Å². The Morgan fingerprint density at radius 3 is 2.47 bits per heavy atom. The van der Waals surface area contributed by atoms with E-state index in [-0.39, 0.29) is 58.6 Å². The van der Waals surface area contributed by atoms with Gasteiger partial charge in [0.15, 0.2) is 0 Å². The number of rotatable bonds is 4. The molecule has 1 aromatic heterocycles.